The summed E-state index contributed by atoms with van der Waals surface area (Å²) in [6.07, 6.45) is 1.93. The van der Waals surface area contributed by atoms with Crippen LogP contribution in [0.25, 0.3) is 0 Å². The predicted molar refractivity (Wildman–Crippen MR) is 40.8 cm³/mol. The summed E-state index contributed by atoms with van der Waals surface area (Å²) in [5.74, 6) is 0. The van der Waals surface area contributed by atoms with Crippen molar-refractivity contribution in [1.29, 1.82) is 0 Å². The van der Waals surface area contributed by atoms with Gasteiger partial charge in [-0.3, -0.25) is 0 Å². The maximum atomic E-state index is 3.63. The Bertz CT molecular complexity index is 103. The second-order valence-electron chi connectivity index (χ2n) is 1.04. The van der Waals surface area contributed by atoms with E-state index in [0.717, 1.165) is 8.96 Å². The molecule has 0 amide bonds. The SMILES string of the molecule is C=C(Br)/C(Br)=C\C. The molecule has 0 rings (SSSR count). The minimum Gasteiger partial charge on any atom is -0.0836 e. The van der Waals surface area contributed by atoms with Crippen LogP contribution in [0.2, 0.25) is 0 Å². The van der Waals surface area contributed by atoms with Gasteiger partial charge in [-0.25, -0.2) is 0 Å². The average Bonchev–Trinajstić information content (AvgIpc) is 1.65. The van der Waals surface area contributed by atoms with E-state index in [0.29, 0.717) is 0 Å². The smallest absolute Gasteiger partial charge is 0.0268 e. The largest absolute Gasteiger partial charge is 0.0836 e. The molecular formula is C5H6Br2. The Hall–Kier alpha value is 0.440. The van der Waals surface area contributed by atoms with E-state index in [1.54, 1.807) is 0 Å². The van der Waals surface area contributed by atoms with Crippen LogP contribution in [0, 0.1) is 0 Å². The average molecular weight is 226 g/mol. The van der Waals surface area contributed by atoms with Crippen LogP contribution in [0.15, 0.2) is 21.6 Å². The van der Waals surface area contributed by atoms with Crippen LogP contribution < -0.4 is 0 Å². The summed E-state index contributed by atoms with van der Waals surface area (Å²) < 4.78 is 1.89. The molecule has 0 nitrogen and oxygen atoms in total. The van der Waals surface area contributed by atoms with Crippen molar-refractivity contribution in [3.63, 3.8) is 0 Å². The van der Waals surface area contributed by atoms with E-state index in [9.17, 15) is 0 Å². The fourth-order valence-corrected chi connectivity index (χ4v) is 0.386. The first kappa shape index (κ1) is 7.44. The molecule has 0 N–H and O–H groups in total. The van der Waals surface area contributed by atoms with Crippen molar-refractivity contribution in [2.45, 2.75) is 6.92 Å². The van der Waals surface area contributed by atoms with Crippen molar-refractivity contribution < 1.29 is 0 Å². The molecule has 40 valence electrons. The van der Waals surface area contributed by atoms with Crippen LogP contribution in [0.4, 0.5) is 0 Å². The zero-order chi connectivity index (χ0) is 5.86. The lowest BCUT2D eigenvalue weighted by Crippen LogP contribution is -1.61. The number of hydrogen-bond acceptors (Lipinski definition) is 0. The van der Waals surface area contributed by atoms with Crippen molar-refractivity contribution in [2.75, 3.05) is 0 Å². The van der Waals surface area contributed by atoms with Crippen molar-refractivity contribution in [2.24, 2.45) is 0 Å². The van der Waals surface area contributed by atoms with Gasteiger partial charge in [0.25, 0.3) is 0 Å². The monoisotopic (exact) mass is 224 g/mol. The quantitative estimate of drug-likeness (QED) is 0.602. The number of hydrogen-bond donors (Lipinski definition) is 0. The third kappa shape index (κ3) is 3.06. The van der Waals surface area contributed by atoms with Gasteiger partial charge in [0.1, 0.15) is 0 Å². The van der Waals surface area contributed by atoms with Gasteiger partial charge in [-0.2, -0.15) is 0 Å². The summed E-state index contributed by atoms with van der Waals surface area (Å²) in [7, 11) is 0. The van der Waals surface area contributed by atoms with Gasteiger partial charge in [-0.05, 0) is 22.9 Å². The standard InChI is InChI=1S/C5H6Br2/c1-3-5(7)4(2)6/h3H,2H2,1H3/b5-3+. The Morgan fingerprint density at radius 3 is 2.00 bits per heavy atom. The van der Waals surface area contributed by atoms with Gasteiger partial charge in [0.2, 0.25) is 0 Å². The molecule has 0 spiro atoms. The van der Waals surface area contributed by atoms with Crippen LogP contribution in [0.3, 0.4) is 0 Å². The van der Waals surface area contributed by atoms with E-state index in [4.69, 9.17) is 0 Å². The van der Waals surface area contributed by atoms with Crippen LogP contribution in [-0.2, 0) is 0 Å². The molecule has 0 aromatic heterocycles. The lowest BCUT2D eigenvalue weighted by molar-refractivity contribution is 1.71. The lowest BCUT2D eigenvalue weighted by Gasteiger charge is -1.87. The van der Waals surface area contributed by atoms with E-state index < -0.39 is 0 Å². The van der Waals surface area contributed by atoms with E-state index >= 15 is 0 Å². The van der Waals surface area contributed by atoms with E-state index in [1.165, 1.54) is 0 Å². The van der Waals surface area contributed by atoms with E-state index in [2.05, 4.69) is 38.4 Å². The summed E-state index contributed by atoms with van der Waals surface area (Å²) in [5, 5.41) is 0. The highest BCUT2D eigenvalue weighted by molar-refractivity contribution is 9.15. The molecule has 0 aromatic carbocycles. The van der Waals surface area contributed by atoms with Gasteiger partial charge < -0.3 is 0 Å². The topological polar surface area (TPSA) is 0 Å². The molecule has 0 aliphatic rings. The third-order valence-corrected chi connectivity index (χ3v) is 2.41. The van der Waals surface area contributed by atoms with Gasteiger partial charge in [-0.1, -0.05) is 28.6 Å². The maximum Gasteiger partial charge on any atom is 0.0268 e. The summed E-state index contributed by atoms with van der Waals surface area (Å²) in [5.41, 5.74) is 0. The minimum absolute atomic E-state index is 0.884. The third-order valence-electron chi connectivity index (χ3n) is 0.513. The van der Waals surface area contributed by atoms with Crippen molar-refractivity contribution in [3.05, 3.63) is 21.6 Å². The maximum absolute atomic E-state index is 3.63. The Morgan fingerprint density at radius 2 is 2.00 bits per heavy atom. The molecule has 0 saturated carbocycles. The molecule has 7 heavy (non-hydrogen) atoms. The molecule has 0 atom stereocenters. The lowest BCUT2D eigenvalue weighted by atomic mass is 10.5. The minimum atomic E-state index is 0.884. The van der Waals surface area contributed by atoms with Crippen LogP contribution >= 0.6 is 31.9 Å². The van der Waals surface area contributed by atoms with Crippen molar-refractivity contribution in [3.8, 4) is 0 Å². The summed E-state index contributed by atoms with van der Waals surface area (Å²) in [4.78, 5) is 0. The Morgan fingerprint density at radius 1 is 1.57 bits per heavy atom. The highest BCUT2D eigenvalue weighted by Gasteiger charge is 1.86. The van der Waals surface area contributed by atoms with Gasteiger partial charge in [0, 0.05) is 8.96 Å². The molecule has 0 aromatic rings. The molecule has 0 bridgehead atoms. The Balaban J connectivity index is 3.82. The summed E-state index contributed by atoms with van der Waals surface area (Å²) >= 11 is 6.45. The fourth-order valence-electron chi connectivity index (χ4n) is 0.157. The number of halogens is 2. The highest BCUT2D eigenvalue weighted by Crippen LogP contribution is 2.19. The van der Waals surface area contributed by atoms with Crippen LogP contribution in [-0.4, -0.2) is 0 Å². The Labute approximate surface area is 60.6 Å². The van der Waals surface area contributed by atoms with Crippen molar-refractivity contribution >= 4 is 31.9 Å². The van der Waals surface area contributed by atoms with Gasteiger partial charge in [0.05, 0.1) is 0 Å². The zero-order valence-electron chi connectivity index (χ0n) is 4.04. The predicted octanol–water partition coefficient (Wildman–Crippen LogP) is 3.19. The molecule has 0 radical (unpaired) electrons. The van der Waals surface area contributed by atoms with Gasteiger partial charge in [0.15, 0.2) is 0 Å². The van der Waals surface area contributed by atoms with Crippen molar-refractivity contribution in [1.82, 2.24) is 0 Å². The highest BCUT2D eigenvalue weighted by atomic mass is 79.9. The van der Waals surface area contributed by atoms with E-state index in [1.807, 2.05) is 13.0 Å². The van der Waals surface area contributed by atoms with Crippen LogP contribution in [0.1, 0.15) is 6.92 Å². The molecule has 0 unspecified atom stereocenters. The Kier molecular flexibility index (Phi) is 3.66. The summed E-state index contributed by atoms with van der Waals surface area (Å²) in [6, 6.07) is 0. The second kappa shape index (κ2) is 3.44. The normalized spacial score (nSPS) is 11.6. The van der Waals surface area contributed by atoms with E-state index in [-0.39, 0.29) is 0 Å². The first-order valence-corrected chi connectivity index (χ1v) is 3.43. The fraction of sp³-hybridized carbons (Fsp3) is 0.200. The first-order valence-electron chi connectivity index (χ1n) is 1.85. The van der Waals surface area contributed by atoms with Gasteiger partial charge >= 0.3 is 0 Å². The zero-order valence-corrected chi connectivity index (χ0v) is 7.21. The second-order valence-corrected chi connectivity index (χ2v) is 2.85. The first-order chi connectivity index (χ1) is 3.18. The number of allylic oxidation sites excluding steroid dienone is 3. The number of rotatable bonds is 1. The summed E-state index contributed by atoms with van der Waals surface area (Å²) in [6.45, 7) is 5.57. The van der Waals surface area contributed by atoms with Crippen LogP contribution in [0.5, 0.6) is 0 Å². The van der Waals surface area contributed by atoms with Gasteiger partial charge in [-0.15, -0.1) is 0 Å². The molecule has 0 aliphatic heterocycles. The molecule has 0 aliphatic carbocycles. The molecular weight excluding hydrogens is 220 g/mol. The molecule has 2 heteroatoms. The molecule has 0 fully saturated rings. The molecule has 0 saturated heterocycles. The molecule has 0 heterocycles.